The quantitative estimate of drug-likeness (QED) is 0.365. The molecular weight excluding hydrogens is 407 g/mol. The van der Waals surface area contributed by atoms with E-state index in [2.05, 4.69) is 0 Å². The van der Waals surface area contributed by atoms with Gasteiger partial charge in [0.2, 0.25) is 0 Å². The van der Waals surface area contributed by atoms with E-state index in [0.717, 1.165) is 34.7 Å². The maximum atomic E-state index is 14.6. The molecular formula is C24H16F3NO3. The standard InChI is InChI=1S/C24H16F3NO3/c1-13-2-4-15(5-3-13)22(29)20-21(14-6-8-16(25)9-7-14)28(24(31)23(20)30)19-11-10-17(26)12-18(19)27/h2-12,21,29H,1H3/b22-20+. The fourth-order valence-corrected chi connectivity index (χ4v) is 3.59. The second-order valence-corrected chi connectivity index (χ2v) is 7.18. The van der Waals surface area contributed by atoms with E-state index in [1.54, 1.807) is 24.3 Å². The highest BCUT2D eigenvalue weighted by molar-refractivity contribution is 6.51. The fraction of sp³-hybridized carbons (Fsp3) is 0.0833. The number of aliphatic hydroxyl groups excluding tert-OH is 1. The number of aryl methyl sites for hydroxylation is 1. The molecule has 0 spiro atoms. The van der Waals surface area contributed by atoms with E-state index < -0.39 is 40.9 Å². The van der Waals surface area contributed by atoms with Crippen LogP contribution in [-0.2, 0) is 9.59 Å². The van der Waals surface area contributed by atoms with Crippen molar-refractivity contribution in [3.05, 3.63) is 106 Å². The van der Waals surface area contributed by atoms with E-state index in [1.165, 1.54) is 12.1 Å². The zero-order valence-electron chi connectivity index (χ0n) is 16.3. The Kier molecular flexibility index (Phi) is 5.10. The molecule has 4 nitrogen and oxygen atoms in total. The molecule has 1 amide bonds. The van der Waals surface area contributed by atoms with Gasteiger partial charge in [-0.1, -0.05) is 42.0 Å². The minimum absolute atomic E-state index is 0.274. The summed E-state index contributed by atoms with van der Waals surface area (Å²) in [5, 5.41) is 10.9. The lowest BCUT2D eigenvalue weighted by Gasteiger charge is -2.25. The van der Waals surface area contributed by atoms with Crippen molar-refractivity contribution in [3.63, 3.8) is 0 Å². The molecule has 1 atom stereocenters. The first-order valence-corrected chi connectivity index (χ1v) is 9.36. The summed E-state index contributed by atoms with van der Waals surface area (Å²) >= 11 is 0. The SMILES string of the molecule is Cc1ccc(/C(O)=C2\C(=O)C(=O)N(c3ccc(F)cc3F)C2c2ccc(F)cc2)cc1. The van der Waals surface area contributed by atoms with Gasteiger partial charge in [-0.15, -0.1) is 0 Å². The van der Waals surface area contributed by atoms with Crippen molar-refractivity contribution in [2.24, 2.45) is 0 Å². The van der Waals surface area contributed by atoms with Gasteiger partial charge in [0, 0.05) is 11.6 Å². The van der Waals surface area contributed by atoms with Crippen molar-refractivity contribution >= 4 is 23.1 Å². The molecule has 0 bridgehead atoms. The molecule has 1 N–H and O–H groups in total. The average Bonchev–Trinajstić information content (AvgIpc) is 3.00. The number of benzene rings is 3. The molecule has 0 radical (unpaired) electrons. The molecule has 156 valence electrons. The van der Waals surface area contributed by atoms with E-state index in [1.807, 2.05) is 6.92 Å². The summed E-state index contributed by atoms with van der Waals surface area (Å²) in [5.41, 5.74) is 0.874. The van der Waals surface area contributed by atoms with Crippen LogP contribution < -0.4 is 4.90 Å². The lowest BCUT2D eigenvalue weighted by atomic mass is 9.95. The molecule has 1 aliphatic rings. The van der Waals surface area contributed by atoms with E-state index in [-0.39, 0.29) is 22.4 Å². The first-order valence-electron chi connectivity index (χ1n) is 9.36. The Hall–Kier alpha value is -3.87. The van der Waals surface area contributed by atoms with Crippen molar-refractivity contribution in [2.75, 3.05) is 4.90 Å². The van der Waals surface area contributed by atoms with Gasteiger partial charge in [-0.3, -0.25) is 14.5 Å². The van der Waals surface area contributed by atoms with Crippen LogP contribution in [0.5, 0.6) is 0 Å². The molecule has 0 saturated carbocycles. The fourth-order valence-electron chi connectivity index (χ4n) is 3.59. The molecule has 3 aromatic carbocycles. The monoisotopic (exact) mass is 423 g/mol. The predicted octanol–water partition coefficient (Wildman–Crippen LogP) is 5.04. The molecule has 7 heteroatoms. The third-order valence-electron chi connectivity index (χ3n) is 5.12. The summed E-state index contributed by atoms with van der Waals surface area (Å²) in [7, 11) is 0. The smallest absolute Gasteiger partial charge is 0.300 e. The number of nitrogens with zero attached hydrogens (tertiary/aromatic N) is 1. The number of carbonyl (C=O) groups excluding carboxylic acids is 2. The van der Waals surface area contributed by atoms with Gasteiger partial charge in [-0.25, -0.2) is 13.2 Å². The highest BCUT2D eigenvalue weighted by Gasteiger charge is 2.47. The summed E-state index contributed by atoms with van der Waals surface area (Å²) in [5.74, 6) is -5.02. The van der Waals surface area contributed by atoms with Crippen LogP contribution in [0.2, 0.25) is 0 Å². The molecule has 0 aliphatic carbocycles. The van der Waals surface area contributed by atoms with Crippen LogP contribution in [0.25, 0.3) is 5.76 Å². The van der Waals surface area contributed by atoms with E-state index >= 15 is 0 Å². The maximum Gasteiger partial charge on any atom is 0.300 e. The normalized spacial score (nSPS) is 17.9. The van der Waals surface area contributed by atoms with Crippen LogP contribution in [0.4, 0.5) is 18.9 Å². The topological polar surface area (TPSA) is 57.6 Å². The maximum absolute atomic E-state index is 14.6. The molecule has 1 fully saturated rings. The van der Waals surface area contributed by atoms with Gasteiger partial charge >= 0.3 is 0 Å². The van der Waals surface area contributed by atoms with Crippen LogP contribution in [0.3, 0.4) is 0 Å². The number of hydrogen-bond acceptors (Lipinski definition) is 3. The summed E-state index contributed by atoms with van der Waals surface area (Å²) < 4.78 is 41.5. The Morgan fingerprint density at radius 3 is 2.10 bits per heavy atom. The van der Waals surface area contributed by atoms with Crippen molar-refractivity contribution in [2.45, 2.75) is 13.0 Å². The van der Waals surface area contributed by atoms with Crippen LogP contribution in [0.15, 0.2) is 72.3 Å². The molecule has 0 aromatic heterocycles. The second-order valence-electron chi connectivity index (χ2n) is 7.18. The van der Waals surface area contributed by atoms with Gasteiger partial charge < -0.3 is 5.11 Å². The number of anilines is 1. The summed E-state index contributed by atoms with van der Waals surface area (Å²) in [4.78, 5) is 26.7. The van der Waals surface area contributed by atoms with Crippen LogP contribution in [0, 0.1) is 24.4 Å². The van der Waals surface area contributed by atoms with Gasteiger partial charge in [-0.2, -0.15) is 0 Å². The van der Waals surface area contributed by atoms with Crippen molar-refractivity contribution in [1.29, 1.82) is 0 Å². The third kappa shape index (κ3) is 3.59. The number of halogens is 3. The van der Waals surface area contributed by atoms with Gasteiger partial charge in [0.25, 0.3) is 11.7 Å². The summed E-state index contributed by atoms with van der Waals surface area (Å²) in [6.07, 6.45) is 0. The number of hydrogen-bond donors (Lipinski definition) is 1. The third-order valence-corrected chi connectivity index (χ3v) is 5.12. The highest BCUT2D eigenvalue weighted by Crippen LogP contribution is 2.43. The Morgan fingerprint density at radius 2 is 1.48 bits per heavy atom. The van der Waals surface area contributed by atoms with E-state index in [0.29, 0.717) is 6.07 Å². The zero-order chi connectivity index (χ0) is 22.3. The van der Waals surface area contributed by atoms with Crippen LogP contribution >= 0.6 is 0 Å². The molecule has 1 saturated heterocycles. The number of amides is 1. The summed E-state index contributed by atoms with van der Waals surface area (Å²) in [6, 6.07) is 12.9. The van der Waals surface area contributed by atoms with E-state index in [4.69, 9.17) is 0 Å². The minimum Gasteiger partial charge on any atom is -0.507 e. The molecule has 4 rings (SSSR count). The lowest BCUT2D eigenvalue weighted by molar-refractivity contribution is -0.132. The van der Waals surface area contributed by atoms with Crippen LogP contribution in [0.1, 0.15) is 22.7 Å². The minimum atomic E-state index is -1.23. The molecule has 1 heterocycles. The van der Waals surface area contributed by atoms with Gasteiger partial charge in [-0.05, 0) is 36.8 Å². The number of carbonyl (C=O) groups is 2. The highest BCUT2D eigenvalue weighted by atomic mass is 19.1. The summed E-state index contributed by atoms with van der Waals surface area (Å²) in [6.45, 7) is 1.85. The first-order chi connectivity index (χ1) is 14.8. The van der Waals surface area contributed by atoms with Crippen molar-refractivity contribution in [1.82, 2.24) is 0 Å². The predicted molar refractivity (Wildman–Crippen MR) is 109 cm³/mol. The Morgan fingerprint density at radius 1 is 0.871 bits per heavy atom. The lowest BCUT2D eigenvalue weighted by Crippen LogP contribution is -2.30. The van der Waals surface area contributed by atoms with Crippen molar-refractivity contribution in [3.8, 4) is 0 Å². The Bertz CT molecular complexity index is 1220. The molecule has 1 aliphatic heterocycles. The molecule has 31 heavy (non-hydrogen) atoms. The largest absolute Gasteiger partial charge is 0.507 e. The number of aliphatic hydroxyl groups is 1. The number of rotatable bonds is 3. The first kappa shape index (κ1) is 20.4. The second kappa shape index (κ2) is 7.75. The Balaban J connectivity index is 1.96. The molecule has 1 unspecified atom stereocenters. The van der Waals surface area contributed by atoms with Crippen LogP contribution in [-0.4, -0.2) is 16.8 Å². The van der Waals surface area contributed by atoms with Crippen molar-refractivity contribution < 1.29 is 27.9 Å². The average molecular weight is 423 g/mol. The zero-order valence-corrected chi connectivity index (χ0v) is 16.3. The van der Waals surface area contributed by atoms with Gasteiger partial charge in [0.15, 0.2) is 0 Å². The van der Waals surface area contributed by atoms with Gasteiger partial charge in [0.1, 0.15) is 23.2 Å². The number of Topliss-reactive ketones (excluding diaryl/α,β-unsaturated/α-hetero) is 1. The Labute approximate surface area is 175 Å². The number of ketones is 1. The molecule has 3 aromatic rings. The van der Waals surface area contributed by atoms with E-state index in [9.17, 15) is 27.9 Å². The van der Waals surface area contributed by atoms with Gasteiger partial charge in [0.05, 0.1) is 17.3 Å².